The molecular weight excluding hydrogens is 381 g/mol. The molecule has 0 bridgehead atoms. The van der Waals surface area contributed by atoms with E-state index in [0.29, 0.717) is 5.56 Å². The third-order valence-corrected chi connectivity index (χ3v) is 4.29. The van der Waals surface area contributed by atoms with E-state index in [0.717, 1.165) is 17.3 Å². The Balaban J connectivity index is 1.69. The lowest BCUT2D eigenvalue weighted by molar-refractivity contribution is -0.0501. The van der Waals surface area contributed by atoms with Crippen LogP contribution in [0, 0.1) is 12.7 Å². The molecule has 5 nitrogen and oxygen atoms in total. The second-order valence-electron chi connectivity index (χ2n) is 5.47. The highest BCUT2D eigenvalue weighted by Gasteiger charge is 2.18. The number of carbonyl (C=O) groups excluding carboxylic acids is 1. The minimum atomic E-state index is -3.03. The van der Waals surface area contributed by atoms with E-state index in [4.69, 9.17) is 4.42 Å². The first-order chi connectivity index (χ1) is 12.9. The second kappa shape index (κ2) is 8.26. The number of ether oxygens (including phenoxy) is 1. The van der Waals surface area contributed by atoms with Crippen molar-refractivity contribution in [1.82, 2.24) is 10.2 Å². The summed E-state index contributed by atoms with van der Waals surface area (Å²) in [6.07, 6.45) is 0. The molecule has 2 aromatic carbocycles. The minimum Gasteiger partial charge on any atom is -0.434 e. The summed E-state index contributed by atoms with van der Waals surface area (Å²) in [5, 5.41) is 7.79. The van der Waals surface area contributed by atoms with E-state index in [-0.39, 0.29) is 28.2 Å². The number of Topliss-reactive ketones (excluding diaryl/α,β-unsaturated/α-hetero) is 1. The summed E-state index contributed by atoms with van der Waals surface area (Å²) in [6.45, 7) is -1.29. The van der Waals surface area contributed by atoms with Crippen LogP contribution in [0.1, 0.15) is 15.9 Å². The van der Waals surface area contributed by atoms with E-state index in [1.807, 2.05) is 0 Å². The van der Waals surface area contributed by atoms with E-state index >= 15 is 0 Å². The number of aromatic nitrogens is 2. The van der Waals surface area contributed by atoms with Gasteiger partial charge in [-0.1, -0.05) is 23.4 Å². The highest BCUT2D eigenvalue weighted by molar-refractivity contribution is 7.99. The van der Waals surface area contributed by atoms with Crippen LogP contribution in [0.3, 0.4) is 0 Å². The Hall–Kier alpha value is -2.81. The average molecular weight is 394 g/mol. The van der Waals surface area contributed by atoms with Gasteiger partial charge in [0, 0.05) is 5.56 Å². The van der Waals surface area contributed by atoms with Gasteiger partial charge >= 0.3 is 6.61 Å². The molecule has 0 spiro atoms. The fourth-order valence-corrected chi connectivity index (χ4v) is 2.89. The Morgan fingerprint density at radius 1 is 1.19 bits per heavy atom. The van der Waals surface area contributed by atoms with Crippen molar-refractivity contribution in [2.45, 2.75) is 18.8 Å². The number of rotatable bonds is 7. The van der Waals surface area contributed by atoms with Crippen LogP contribution in [-0.4, -0.2) is 28.3 Å². The van der Waals surface area contributed by atoms with Gasteiger partial charge < -0.3 is 9.15 Å². The summed E-state index contributed by atoms with van der Waals surface area (Å²) < 4.78 is 47.8. The number of hydrogen-bond acceptors (Lipinski definition) is 6. The zero-order valence-corrected chi connectivity index (χ0v) is 14.8. The van der Waals surface area contributed by atoms with E-state index < -0.39 is 18.2 Å². The Bertz CT molecular complexity index is 945. The van der Waals surface area contributed by atoms with Crippen molar-refractivity contribution in [2.75, 3.05) is 5.75 Å². The summed E-state index contributed by atoms with van der Waals surface area (Å²) in [6, 6.07) is 9.90. The Morgan fingerprint density at radius 2 is 1.93 bits per heavy atom. The zero-order valence-electron chi connectivity index (χ0n) is 14.0. The number of carbonyl (C=O) groups is 1. The SMILES string of the molecule is Cc1ccc(OC(F)F)c(C(=O)CSc2nnc(-c3ccc(F)cc3)o2)c1. The van der Waals surface area contributed by atoms with Crippen LogP contribution in [0.5, 0.6) is 5.75 Å². The maximum absolute atomic E-state index is 13.0. The number of halogens is 3. The first-order valence-corrected chi connectivity index (χ1v) is 8.72. The fraction of sp³-hybridized carbons (Fsp3) is 0.167. The van der Waals surface area contributed by atoms with Crippen LogP contribution in [-0.2, 0) is 0 Å². The highest BCUT2D eigenvalue weighted by atomic mass is 32.2. The topological polar surface area (TPSA) is 65.2 Å². The fourth-order valence-electron chi connectivity index (χ4n) is 2.24. The van der Waals surface area contributed by atoms with E-state index in [9.17, 15) is 18.0 Å². The number of nitrogens with zero attached hydrogens (tertiary/aromatic N) is 2. The molecule has 3 aromatic rings. The van der Waals surface area contributed by atoms with Crippen molar-refractivity contribution in [3.63, 3.8) is 0 Å². The summed E-state index contributed by atoms with van der Waals surface area (Å²) in [5.41, 5.74) is 1.33. The predicted molar refractivity (Wildman–Crippen MR) is 92.6 cm³/mol. The lowest BCUT2D eigenvalue weighted by Gasteiger charge is -2.10. The first kappa shape index (κ1) is 19.0. The van der Waals surface area contributed by atoms with Gasteiger partial charge in [-0.25, -0.2) is 4.39 Å². The average Bonchev–Trinajstić information content (AvgIpc) is 3.10. The van der Waals surface area contributed by atoms with Crippen LogP contribution in [0.25, 0.3) is 11.5 Å². The van der Waals surface area contributed by atoms with Gasteiger partial charge in [-0.05, 0) is 43.3 Å². The molecule has 1 heterocycles. The van der Waals surface area contributed by atoms with E-state index in [1.54, 1.807) is 13.0 Å². The van der Waals surface area contributed by atoms with Crippen molar-refractivity contribution in [3.8, 4) is 17.2 Å². The molecule has 140 valence electrons. The van der Waals surface area contributed by atoms with Gasteiger partial charge in [0.1, 0.15) is 11.6 Å². The molecular formula is C18H13F3N2O3S. The van der Waals surface area contributed by atoms with Gasteiger partial charge in [0.15, 0.2) is 5.78 Å². The van der Waals surface area contributed by atoms with Crippen molar-refractivity contribution in [1.29, 1.82) is 0 Å². The maximum atomic E-state index is 13.0. The number of ketones is 1. The molecule has 9 heteroatoms. The van der Waals surface area contributed by atoms with E-state index in [2.05, 4.69) is 14.9 Å². The summed E-state index contributed by atoms with van der Waals surface area (Å²) in [7, 11) is 0. The van der Waals surface area contributed by atoms with Crippen LogP contribution in [0.2, 0.25) is 0 Å². The molecule has 0 radical (unpaired) electrons. The van der Waals surface area contributed by atoms with Crippen LogP contribution in [0.4, 0.5) is 13.2 Å². The molecule has 0 saturated heterocycles. The lowest BCUT2D eigenvalue weighted by Crippen LogP contribution is -2.10. The number of benzene rings is 2. The predicted octanol–water partition coefficient (Wildman–Crippen LogP) is 4.76. The van der Waals surface area contributed by atoms with E-state index in [1.165, 1.54) is 36.4 Å². The third kappa shape index (κ3) is 4.88. The quantitative estimate of drug-likeness (QED) is 0.425. The smallest absolute Gasteiger partial charge is 0.387 e. The molecule has 0 aliphatic rings. The molecule has 0 aliphatic heterocycles. The molecule has 0 unspecified atom stereocenters. The zero-order chi connectivity index (χ0) is 19.4. The Morgan fingerprint density at radius 3 is 2.63 bits per heavy atom. The highest BCUT2D eigenvalue weighted by Crippen LogP contribution is 2.27. The van der Waals surface area contributed by atoms with Crippen LogP contribution in [0.15, 0.2) is 52.1 Å². The standard InChI is InChI=1S/C18H13F3N2O3S/c1-10-2-7-15(25-17(20)21)13(8-10)14(24)9-27-18-23-22-16(26-18)11-3-5-12(19)6-4-11/h2-8,17H,9H2,1H3. The normalized spacial score (nSPS) is 11.0. The third-order valence-electron chi connectivity index (χ3n) is 3.48. The molecule has 0 N–H and O–H groups in total. The first-order valence-electron chi connectivity index (χ1n) is 7.73. The Labute approximate surface area is 156 Å². The van der Waals surface area contributed by atoms with Crippen molar-refractivity contribution < 1.29 is 27.1 Å². The molecule has 0 fully saturated rings. The van der Waals surface area contributed by atoms with Gasteiger partial charge in [-0.3, -0.25) is 4.79 Å². The minimum absolute atomic E-state index is 0.0565. The largest absolute Gasteiger partial charge is 0.434 e. The number of hydrogen-bond donors (Lipinski definition) is 0. The van der Waals surface area contributed by atoms with Crippen LogP contribution < -0.4 is 4.74 Å². The van der Waals surface area contributed by atoms with Crippen molar-refractivity contribution in [2.24, 2.45) is 0 Å². The van der Waals surface area contributed by atoms with Gasteiger partial charge in [0.2, 0.25) is 5.89 Å². The molecule has 1 aromatic heterocycles. The molecule has 0 saturated carbocycles. The van der Waals surface area contributed by atoms with Gasteiger partial charge in [-0.2, -0.15) is 8.78 Å². The summed E-state index contributed by atoms with van der Waals surface area (Å²) >= 11 is 0.969. The van der Waals surface area contributed by atoms with Gasteiger partial charge in [0.05, 0.1) is 11.3 Å². The van der Waals surface area contributed by atoms with Gasteiger partial charge in [0.25, 0.3) is 5.22 Å². The monoisotopic (exact) mass is 394 g/mol. The maximum Gasteiger partial charge on any atom is 0.387 e. The van der Waals surface area contributed by atoms with Gasteiger partial charge in [-0.15, -0.1) is 10.2 Å². The number of thioether (sulfide) groups is 1. The Kier molecular flexibility index (Phi) is 5.80. The molecule has 27 heavy (non-hydrogen) atoms. The summed E-state index contributed by atoms with van der Waals surface area (Å²) in [5.74, 6) is -0.908. The van der Waals surface area contributed by atoms with Crippen LogP contribution >= 0.6 is 11.8 Å². The van der Waals surface area contributed by atoms with Crippen molar-refractivity contribution in [3.05, 3.63) is 59.4 Å². The second-order valence-corrected chi connectivity index (χ2v) is 6.40. The molecule has 0 amide bonds. The van der Waals surface area contributed by atoms with Crippen molar-refractivity contribution >= 4 is 17.5 Å². The molecule has 0 aliphatic carbocycles. The number of aryl methyl sites for hydroxylation is 1. The lowest BCUT2D eigenvalue weighted by atomic mass is 10.1. The summed E-state index contributed by atoms with van der Waals surface area (Å²) in [4.78, 5) is 12.4. The molecule has 3 rings (SSSR count). The number of alkyl halides is 2. The molecule has 0 atom stereocenters.